The maximum absolute atomic E-state index is 13.2. The van der Waals surface area contributed by atoms with Crippen LogP contribution in [0.25, 0.3) is 0 Å². The maximum Gasteiger partial charge on any atom is 0.258 e. The molecule has 0 saturated carbocycles. The number of rotatable bonds is 6. The van der Waals surface area contributed by atoms with Gasteiger partial charge in [0.25, 0.3) is 5.91 Å². The van der Waals surface area contributed by atoms with Gasteiger partial charge in [0.15, 0.2) is 0 Å². The first-order valence-corrected chi connectivity index (χ1v) is 8.64. The summed E-state index contributed by atoms with van der Waals surface area (Å²) in [4.78, 5) is 14.9. The average Bonchev–Trinajstić information content (AvgIpc) is 2.63. The second-order valence-electron chi connectivity index (χ2n) is 6.69. The number of anilines is 1. The fraction of sp³-hybridized carbons (Fsp3) is 0.227. The number of para-hydroxylation sites is 2. The lowest BCUT2D eigenvalue weighted by atomic mass is 9.92. The Morgan fingerprint density at radius 1 is 1.23 bits per heavy atom. The van der Waals surface area contributed by atoms with E-state index < -0.39 is 5.66 Å². The van der Waals surface area contributed by atoms with Crippen molar-refractivity contribution in [3.63, 3.8) is 0 Å². The van der Waals surface area contributed by atoms with Gasteiger partial charge in [0.05, 0.1) is 5.56 Å². The monoisotopic (exact) mass is 348 g/mol. The number of hydrogen-bond acceptors (Lipinski definition) is 3. The van der Waals surface area contributed by atoms with Crippen LogP contribution < -0.4 is 10.1 Å². The number of hydrogen-bond donors (Lipinski definition) is 1. The fourth-order valence-electron chi connectivity index (χ4n) is 3.26. The standard InChI is InChI=1S/C22H24N2O2/c1-5-14-24-21(25)17-10-6-8-12-19(17)23-22(24,4)18-11-7-9-13-20(18)26-15-16(2)3/h5-13,23H,1-2,14-15H2,3-4H3. The number of nitrogens with zero attached hydrogens (tertiary/aromatic N) is 1. The van der Waals surface area contributed by atoms with Gasteiger partial charge < -0.3 is 15.0 Å². The van der Waals surface area contributed by atoms with E-state index in [-0.39, 0.29) is 5.91 Å². The third kappa shape index (κ3) is 3.10. The van der Waals surface area contributed by atoms with Crippen LogP contribution in [0.4, 0.5) is 5.69 Å². The Morgan fingerprint density at radius 2 is 1.92 bits per heavy atom. The van der Waals surface area contributed by atoms with Crippen molar-refractivity contribution in [2.45, 2.75) is 19.5 Å². The number of benzene rings is 2. The van der Waals surface area contributed by atoms with Crippen LogP contribution in [0.5, 0.6) is 5.75 Å². The first kappa shape index (κ1) is 17.8. The molecule has 1 aliphatic rings. The quantitative estimate of drug-likeness (QED) is 0.778. The zero-order valence-electron chi connectivity index (χ0n) is 15.3. The van der Waals surface area contributed by atoms with Gasteiger partial charge in [-0.3, -0.25) is 4.79 Å². The molecule has 0 bridgehead atoms. The molecule has 0 aliphatic carbocycles. The molecule has 1 heterocycles. The molecule has 4 nitrogen and oxygen atoms in total. The van der Waals surface area contributed by atoms with Crippen molar-refractivity contribution >= 4 is 11.6 Å². The minimum absolute atomic E-state index is 0.0311. The first-order chi connectivity index (χ1) is 12.5. The molecule has 0 fully saturated rings. The largest absolute Gasteiger partial charge is 0.489 e. The van der Waals surface area contributed by atoms with Crippen molar-refractivity contribution in [2.24, 2.45) is 0 Å². The second-order valence-corrected chi connectivity index (χ2v) is 6.69. The molecule has 1 atom stereocenters. The van der Waals surface area contributed by atoms with E-state index in [0.29, 0.717) is 18.7 Å². The van der Waals surface area contributed by atoms with Crippen LogP contribution in [0.1, 0.15) is 29.8 Å². The lowest BCUT2D eigenvalue weighted by Crippen LogP contribution is -2.56. The Labute approximate surface area is 154 Å². The highest BCUT2D eigenvalue weighted by Crippen LogP contribution is 2.41. The highest BCUT2D eigenvalue weighted by Gasteiger charge is 2.43. The average molecular weight is 348 g/mol. The summed E-state index contributed by atoms with van der Waals surface area (Å²) < 4.78 is 5.96. The molecule has 3 rings (SSSR count). The van der Waals surface area contributed by atoms with Gasteiger partial charge in [0.2, 0.25) is 0 Å². The third-order valence-corrected chi connectivity index (χ3v) is 4.52. The van der Waals surface area contributed by atoms with Gasteiger partial charge in [-0.2, -0.15) is 0 Å². The smallest absolute Gasteiger partial charge is 0.258 e. The Kier molecular flexibility index (Phi) is 4.85. The molecule has 4 heteroatoms. The molecule has 1 N–H and O–H groups in total. The van der Waals surface area contributed by atoms with E-state index in [9.17, 15) is 4.79 Å². The van der Waals surface area contributed by atoms with Gasteiger partial charge in [-0.25, -0.2) is 0 Å². The Bertz CT molecular complexity index is 859. The molecule has 2 aromatic rings. The molecule has 1 amide bonds. The van der Waals surface area contributed by atoms with Crippen molar-refractivity contribution in [3.8, 4) is 5.75 Å². The molecule has 0 aromatic heterocycles. The second kappa shape index (κ2) is 7.08. The molecule has 0 radical (unpaired) electrons. The number of ether oxygens (including phenoxy) is 1. The predicted octanol–water partition coefficient (Wildman–Crippen LogP) is 4.57. The molecule has 0 saturated heterocycles. The fourth-order valence-corrected chi connectivity index (χ4v) is 3.26. The summed E-state index contributed by atoms with van der Waals surface area (Å²) in [5, 5.41) is 3.54. The molecular weight excluding hydrogens is 324 g/mol. The van der Waals surface area contributed by atoms with Crippen molar-refractivity contribution < 1.29 is 9.53 Å². The maximum atomic E-state index is 13.2. The van der Waals surface area contributed by atoms with Crippen LogP contribution in [-0.4, -0.2) is 24.0 Å². The summed E-state index contributed by atoms with van der Waals surface area (Å²) in [5.41, 5.74) is 2.55. The lowest BCUT2D eigenvalue weighted by molar-refractivity contribution is 0.0567. The number of carbonyl (C=O) groups excluding carboxylic acids is 1. The Hall–Kier alpha value is -3.01. The van der Waals surface area contributed by atoms with Crippen LogP contribution in [-0.2, 0) is 5.66 Å². The summed E-state index contributed by atoms with van der Waals surface area (Å²) in [6, 6.07) is 15.3. The molecular formula is C22H24N2O2. The third-order valence-electron chi connectivity index (χ3n) is 4.52. The van der Waals surface area contributed by atoms with E-state index >= 15 is 0 Å². The van der Waals surface area contributed by atoms with Crippen LogP contribution in [0.15, 0.2) is 73.3 Å². The van der Waals surface area contributed by atoms with Crippen molar-refractivity contribution in [3.05, 3.63) is 84.5 Å². The molecule has 0 spiro atoms. The van der Waals surface area contributed by atoms with Gasteiger partial charge in [-0.15, -0.1) is 6.58 Å². The normalized spacial score (nSPS) is 18.7. The Balaban J connectivity index is 2.11. The number of nitrogens with one attached hydrogen (secondary N) is 1. The first-order valence-electron chi connectivity index (χ1n) is 8.64. The summed E-state index contributed by atoms with van der Waals surface area (Å²) in [6.07, 6.45) is 1.74. The Morgan fingerprint density at radius 3 is 2.65 bits per heavy atom. The van der Waals surface area contributed by atoms with Gasteiger partial charge in [-0.1, -0.05) is 43.0 Å². The van der Waals surface area contributed by atoms with Crippen LogP contribution >= 0.6 is 0 Å². The summed E-state index contributed by atoms with van der Waals surface area (Å²) in [7, 11) is 0. The van der Waals surface area contributed by atoms with Gasteiger partial charge in [-0.05, 0) is 37.6 Å². The van der Waals surface area contributed by atoms with Crippen molar-refractivity contribution in [1.29, 1.82) is 0 Å². The van der Waals surface area contributed by atoms with Gasteiger partial charge in [0.1, 0.15) is 18.0 Å². The van der Waals surface area contributed by atoms with E-state index in [4.69, 9.17) is 4.74 Å². The molecule has 26 heavy (non-hydrogen) atoms. The molecule has 1 unspecified atom stereocenters. The van der Waals surface area contributed by atoms with Gasteiger partial charge in [0, 0.05) is 17.8 Å². The molecule has 2 aromatic carbocycles. The van der Waals surface area contributed by atoms with Crippen LogP contribution in [0.3, 0.4) is 0 Å². The zero-order valence-corrected chi connectivity index (χ0v) is 15.3. The van der Waals surface area contributed by atoms with E-state index in [2.05, 4.69) is 18.5 Å². The minimum atomic E-state index is -0.759. The summed E-state index contributed by atoms with van der Waals surface area (Å²) in [5.74, 6) is 0.697. The molecule has 134 valence electrons. The number of amides is 1. The zero-order chi connectivity index (χ0) is 18.7. The van der Waals surface area contributed by atoms with E-state index in [0.717, 1.165) is 22.6 Å². The van der Waals surface area contributed by atoms with Crippen LogP contribution in [0, 0.1) is 0 Å². The van der Waals surface area contributed by atoms with Gasteiger partial charge >= 0.3 is 0 Å². The van der Waals surface area contributed by atoms with E-state index in [1.807, 2.05) is 62.4 Å². The predicted molar refractivity (Wildman–Crippen MR) is 105 cm³/mol. The van der Waals surface area contributed by atoms with Crippen molar-refractivity contribution in [2.75, 3.05) is 18.5 Å². The minimum Gasteiger partial charge on any atom is -0.489 e. The number of fused-ring (bicyclic) bond motifs is 1. The van der Waals surface area contributed by atoms with E-state index in [1.165, 1.54) is 0 Å². The SMILES string of the molecule is C=CCN1C(=O)c2ccccc2NC1(C)c1ccccc1OCC(=C)C. The highest BCUT2D eigenvalue weighted by atomic mass is 16.5. The summed E-state index contributed by atoms with van der Waals surface area (Å²) in [6.45, 7) is 12.5. The highest BCUT2D eigenvalue weighted by molar-refractivity contribution is 6.02. The van der Waals surface area contributed by atoms with Crippen molar-refractivity contribution in [1.82, 2.24) is 4.90 Å². The molecule has 1 aliphatic heterocycles. The summed E-state index contributed by atoms with van der Waals surface area (Å²) >= 11 is 0. The topological polar surface area (TPSA) is 41.6 Å². The van der Waals surface area contributed by atoms with Crippen LogP contribution in [0.2, 0.25) is 0 Å². The lowest BCUT2D eigenvalue weighted by Gasteiger charge is -2.46. The van der Waals surface area contributed by atoms with E-state index in [1.54, 1.807) is 11.0 Å². The number of carbonyl (C=O) groups is 1.